The third-order valence-corrected chi connectivity index (χ3v) is 9.05. The molecule has 1 atom stereocenters. The van der Waals surface area contributed by atoms with E-state index in [1.54, 1.807) is 36.4 Å². The van der Waals surface area contributed by atoms with Gasteiger partial charge < -0.3 is 15.4 Å². The molecule has 13 heteroatoms. The van der Waals surface area contributed by atoms with Gasteiger partial charge in [0, 0.05) is 35.6 Å². The van der Waals surface area contributed by atoms with Crippen molar-refractivity contribution < 1.29 is 13.2 Å². The summed E-state index contributed by atoms with van der Waals surface area (Å²) >= 11 is 1.46. The molecule has 1 saturated heterocycles. The Bertz CT molecular complexity index is 1950. The molecule has 1 aliphatic heterocycles. The molecule has 0 aliphatic carbocycles. The summed E-state index contributed by atoms with van der Waals surface area (Å²) in [6.07, 6.45) is 3.83. The second kappa shape index (κ2) is 11.1. The highest BCUT2D eigenvalue weighted by atomic mass is 32.2. The molecule has 1 fully saturated rings. The van der Waals surface area contributed by atoms with Crippen molar-refractivity contribution in [3.05, 3.63) is 65.1 Å². The number of pyridine rings is 2. The van der Waals surface area contributed by atoms with Gasteiger partial charge in [-0.1, -0.05) is 6.07 Å². The van der Waals surface area contributed by atoms with Crippen LogP contribution in [0.3, 0.4) is 0 Å². The van der Waals surface area contributed by atoms with E-state index in [-0.39, 0.29) is 16.8 Å². The number of aryl methyl sites for hydroxylation is 2. The van der Waals surface area contributed by atoms with Crippen molar-refractivity contribution in [2.45, 2.75) is 44.2 Å². The minimum atomic E-state index is -3.62. The van der Waals surface area contributed by atoms with Gasteiger partial charge in [0.15, 0.2) is 15.5 Å². The summed E-state index contributed by atoms with van der Waals surface area (Å²) in [6.45, 7) is 4.46. The lowest BCUT2D eigenvalue weighted by Gasteiger charge is -2.25. The van der Waals surface area contributed by atoms with Crippen LogP contribution in [0.15, 0.2) is 52.7 Å². The van der Waals surface area contributed by atoms with Crippen molar-refractivity contribution in [3.8, 4) is 16.6 Å². The molecule has 4 aromatic heterocycles. The van der Waals surface area contributed by atoms with Gasteiger partial charge in [-0.25, -0.2) is 28.4 Å². The zero-order valence-electron chi connectivity index (χ0n) is 23.2. The first-order valence-electron chi connectivity index (χ1n) is 13.4. The number of aromatic nitrogens is 5. The molecule has 2 N–H and O–H groups in total. The van der Waals surface area contributed by atoms with Crippen LogP contribution in [-0.2, 0) is 14.6 Å². The monoisotopic (exact) mass is 600 g/mol. The van der Waals surface area contributed by atoms with Gasteiger partial charge in [0.2, 0.25) is 0 Å². The van der Waals surface area contributed by atoms with Crippen LogP contribution in [0, 0.1) is 25.2 Å². The molecule has 0 radical (unpaired) electrons. The fourth-order valence-electron chi connectivity index (χ4n) is 5.00. The van der Waals surface area contributed by atoms with Crippen LogP contribution in [0.5, 0.6) is 0 Å². The molecule has 42 heavy (non-hydrogen) atoms. The number of ether oxygens (including phenoxy) is 1. The first kappa shape index (κ1) is 27.8. The SMILES string of the molecule is Cc1csc(-c2ccc(Nc3cc(Nc4cccc(C#N)n4)nc4c3nc(C)n4C3CCCCO3)c(S(C)(=O)=O)c2)n1. The van der Waals surface area contributed by atoms with Gasteiger partial charge in [0.05, 0.1) is 16.3 Å². The molecule has 1 aliphatic rings. The Morgan fingerprint density at radius 3 is 2.60 bits per heavy atom. The maximum absolute atomic E-state index is 13.0. The fraction of sp³-hybridized carbons (Fsp3) is 0.276. The number of thiazole rings is 1. The van der Waals surface area contributed by atoms with E-state index in [1.807, 2.05) is 35.9 Å². The number of sulfone groups is 1. The summed E-state index contributed by atoms with van der Waals surface area (Å²) in [4.78, 5) is 18.7. The smallest absolute Gasteiger partial charge is 0.177 e. The molecular formula is C29H28N8O3S2. The topological polar surface area (TPSA) is 148 Å². The molecule has 5 heterocycles. The fourth-order valence-corrected chi connectivity index (χ4v) is 6.65. The highest BCUT2D eigenvalue weighted by Gasteiger charge is 2.24. The maximum atomic E-state index is 13.0. The largest absolute Gasteiger partial charge is 0.358 e. The van der Waals surface area contributed by atoms with Crippen LogP contribution in [0.1, 0.15) is 42.7 Å². The highest BCUT2D eigenvalue weighted by molar-refractivity contribution is 7.90. The summed E-state index contributed by atoms with van der Waals surface area (Å²) in [5.74, 6) is 1.62. The predicted octanol–water partition coefficient (Wildman–Crippen LogP) is 6.03. The third kappa shape index (κ3) is 5.56. The molecule has 0 bridgehead atoms. The molecule has 0 amide bonds. The molecule has 1 unspecified atom stereocenters. The maximum Gasteiger partial charge on any atom is 0.177 e. The third-order valence-electron chi connectivity index (χ3n) is 6.90. The number of hydrogen-bond donors (Lipinski definition) is 2. The Balaban J connectivity index is 1.48. The number of nitrogens with zero attached hydrogens (tertiary/aromatic N) is 6. The number of nitrogens with one attached hydrogen (secondary N) is 2. The molecule has 5 aromatic rings. The van der Waals surface area contributed by atoms with E-state index >= 15 is 0 Å². The van der Waals surface area contributed by atoms with E-state index in [0.717, 1.165) is 41.4 Å². The van der Waals surface area contributed by atoms with Crippen molar-refractivity contribution in [1.29, 1.82) is 5.26 Å². The Hall–Kier alpha value is -4.38. The molecular weight excluding hydrogens is 573 g/mol. The predicted molar refractivity (Wildman–Crippen MR) is 162 cm³/mol. The van der Waals surface area contributed by atoms with Crippen LogP contribution in [0.4, 0.5) is 23.0 Å². The van der Waals surface area contributed by atoms with Crippen LogP contribution in [-0.4, -0.2) is 45.8 Å². The van der Waals surface area contributed by atoms with Gasteiger partial charge in [-0.2, -0.15) is 5.26 Å². The lowest BCUT2D eigenvalue weighted by atomic mass is 10.2. The van der Waals surface area contributed by atoms with E-state index in [0.29, 0.717) is 40.8 Å². The first-order chi connectivity index (χ1) is 20.2. The lowest BCUT2D eigenvalue weighted by Crippen LogP contribution is -2.19. The number of rotatable bonds is 7. The Morgan fingerprint density at radius 2 is 1.88 bits per heavy atom. The minimum absolute atomic E-state index is 0.141. The Kier molecular flexibility index (Phi) is 7.36. The van der Waals surface area contributed by atoms with Crippen LogP contribution >= 0.6 is 11.3 Å². The Labute approximate surface area is 247 Å². The molecule has 11 nitrogen and oxygen atoms in total. The van der Waals surface area contributed by atoms with Crippen LogP contribution < -0.4 is 10.6 Å². The molecule has 1 aromatic carbocycles. The van der Waals surface area contributed by atoms with Crippen LogP contribution in [0.2, 0.25) is 0 Å². The Morgan fingerprint density at radius 1 is 1.02 bits per heavy atom. The van der Waals surface area contributed by atoms with Gasteiger partial charge in [0.25, 0.3) is 0 Å². The molecule has 0 saturated carbocycles. The number of anilines is 4. The van der Waals surface area contributed by atoms with Crippen molar-refractivity contribution >= 4 is 55.3 Å². The van der Waals surface area contributed by atoms with E-state index in [1.165, 1.54) is 17.6 Å². The summed E-state index contributed by atoms with van der Waals surface area (Å²) in [7, 11) is -3.62. The van der Waals surface area contributed by atoms with Crippen molar-refractivity contribution in [1.82, 2.24) is 24.5 Å². The number of benzene rings is 1. The van der Waals surface area contributed by atoms with E-state index in [4.69, 9.17) is 14.7 Å². The second-order valence-electron chi connectivity index (χ2n) is 10.1. The standard InChI is InChI=1S/C29H28N8O3S2/c1-17-16-41-29(31-17)19-10-11-21(23(13-19)42(3,38)39)34-22-14-25(35-24-8-6-7-20(15-30)33-24)36-28-27(22)32-18(2)37(28)26-9-4-5-12-40-26/h6-8,10-11,13-14,16,26H,4-5,9,12H2,1-3H3,(H2,33,34,35,36). The zero-order valence-corrected chi connectivity index (χ0v) is 24.9. The molecule has 0 spiro atoms. The van der Waals surface area contributed by atoms with Gasteiger partial charge >= 0.3 is 0 Å². The van der Waals surface area contributed by atoms with E-state index in [2.05, 4.69) is 20.6 Å². The number of nitriles is 1. The number of fused-ring (bicyclic) bond motifs is 1. The normalized spacial score (nSPS) is 15.4. The summed E-state index contributed by atoms with van der Waals surface area (Å²) in [6, 6.07) is 14.1. The van der Waals surface area contributed by atoms with Crippen molar-refractivity contribution in [3.63, 3.8) is 0 Å². The lowest BCUT2D eigenvalue weighted by molar-refractivity contribution is -0.0308. The first-order valence-corrected chi connectivity index (χ1v) is 16.2. The second-order valence-corrected chi connectivity index (χ2v) is 13.0. The van der Waals surface area contributed by atoms with Gasteiger partial charge in [-0.3, -0.25) is 4.57 Å². The van der Waals surface area contributed by atoms with Gasteiger partial charge in [-0.15, -0.1) is 11.3 Å². The van der Waals surface area contributed by atoms with Crippen molar-refractivity contribution in [2.24, 2.45) is 0 Å². The number of hydrogen-bond acceptors (Lipinski definition) is 11. The van der Waals surface area contributed by atoms with Gasteiger partial charge in [-0.05, 0) is 63.4 Å². The van der Waals surface area contributed by atoms with Crippen LogP contribution in [0.25, 0.3) is 21.7 Å². The molecule has 6 rings (SSSR count). The quantitative estimate of drug-likeness (QED) is 0.227. The number of imidazole rings is 1. The summed E-state index contributed by atoms with van der Waals surface area (Å²) < 4.78 is 34.0. The van der Waals surface area contributed by atoms with E-state index < -0.39 is 9.84 Å². The average molecular weight is 601 g/mol. The van der Waals surface area contributed by atoms with Gasteiger partial charge in [0.1, 0.15) is 46.0 Å². The minimum Gasteiger partial charge on any atom is -0.358 e. The highest BCUT2D eigenvalue weighted by Crippen LogP contribution is 2.36. The molecule has 214 valence electrons. The van der Waals surface area contributed by atoms with E-state index in [9.17, 15) is 13.7 Å². The van der Waals surface area contributed by atoms with Crippen molar-refractivity contribution in [2.75, 3.05) is 23.5 Å². The average Bonchev–Trinajstić information content (AvgIpc) is 3.55. The zero-order chi connectivity index (χ0) is 29.4. The summed E-state index contributed by atoms with van der Waals surface area (Å²) in [5.41, 5.74) is 3.98. The summed E-state index contributed by atoms with van der Waals surface area (Å²) in [5, 5.41) is 18.5.